The summed E-state index contributed by atoms with van der Waals surface area (Å²) in [5, 5.41) is 5.91. The Morgan fingerprint density at radius 3 is 2.71 bits per heavy atom. The first-order valence-electron chi connectivity index (χ1n) is 5.70. The molecule has 1 aromatic rings. The summed E-state index contributed by atoms with van der Waals surface area (Å²) in [6.07, 6.45) is 2.72. The molecule has 0 aromatic carbocycles. The van der Waals surface area contributed by atoms with Crippen LogP contribution in [0.5, 0.6) is 0 Å². The number of amides is 1. The van der Waals surface area contributed by atoms with Gasteiger partial charge in [-0.3, -0.25) is 4.79 Å². The molecule has 0 spiro atoms. The zero-order valence-electron chi connectivity index (χ0n) is 10.7. The first-order chi connectivity index (χ1) is 8.08. The van der Waals surface area contributed by atoms with Gasteiger partial charge in [0.15, 0.2) is 0 Å². The molecule has 1 rings (SSSR count). The van der Waals surface area contributed by atoms with Crippen molar-refractivity contribution in [2.45, 2.75) is 13.3 Å². The lowest BCUT2D eigenvalue weighted by Gasteiger charge is -2.10. The number of pyridine rings is 1. The number of carbonyl (C=O) groups excluding carboxylic acids is 1. The van der Waals surface area contributed by atoms with Crippen LogP contribution in [0.3, 0.4) is 0 Å². The monoisotopic (exact) mass is 236 g/mol. The van der Waals surface area contributed by atoms with Crippen molar-refractivity contribution >= 4 is 17.4 Å². The van der Waals surface area contributed by atoms with Gasteiger partial charge in [-0.1, -0.05) is 0 Å². The van der Waals surface area contributed by atoms with Gasteiger partial charge in [-0.05, 0) is 39.2 Å². The van der Waals surface area contributed by atoms with E-state index in [9.17, 15) is 4.79 Å². The molecular formula is C12H20N4O. The molecule has 0 bridgehead atoms. The van der Waals surface area contributed by atoms with Crippen LogP contribution in [0.1, 0.15) is 13.3 Å². The molecule has 1 aromatic heterocycles. The van der Waals surface area contributed by atoms with Gasteiger partial charge in [-0.15, -0.1) is 0 Å². The molecule has 0 aliphatic rings. The van der Waals surface area contributed by atoms with Crippen molar-refractivity contribution in [2.75, 3.05) is 37.8 Å². The Hall–Kier alpha value is -1.62. The maximum absolute atomic E-state index is 10.8. The first-order valence-corrected chi connectivity index (χ1v) is 5.70. The van der Waals surface area contributed by atoms with Crippen molar-refractivity contribution in [3.63, 3.8) is 0 Å². The topological polar surface area (TPSA) is 57.3 Å². The van der Waals surface area contributed by atoms with Gasteiger partial charge in [0.1, 0.15) is 5.82 Å². The molecule has 0 aliphatic carbocycles. The number of anilines is 2. The highest BCUT2D eigenvalue weighted by Crippen LogP contribution is 2.09. The minimum Gasteiger partial charge on any atom is -0.370 e. The Labute approximate surface area is 102 Å². The van der Waals surface area contributed by atoms with Crippen LogP contribution in [-0.4, -0.2) is 43.0 Å². The molecule has 0 aliphatic heterocycles. The molecule has 0 fully saturated rings. The van der Waals surface area contributed by atoms with E-state index in [4.69, 9.17) is 0 Å². The summed E-state index contributed by atoms with van der Waals surface area (Å²) in [6, 6.07) is 3.70. The highest BCUT2D eigenvalue weighted by Gasteiger charge is 1.97. The molecule has 0 radical (unpaired) electrons. The maximum atomic E-state index is 10.8. The smallest absolute Gasteiger partial charge is 0.221 e. The minimum atomic E-state index is -0.0847. The van der Waals surface area contributed by atoms with Crippen molar-refractivity contribution in [3.8, 4) is 0 Å². The number of hydrogen-bond acceptors (Lipinski definition) is 4. The van der Waals surface area contributed by atoms with E-state index in [1.165, 1.54) is 6.92 Å². The number of carbonyl (C=O) groups is 1. The van der Waals surface area contributed by atoms with Crippen LogP contribution in [-0.2, 0) is 4.79 Å². The van der Waals surface area contributed by atoms with Gasteiger partial charge in [0.2, 0.25) is 5.91 Å². The van der Waals surface area contributed by atoms with Crippen LogP contribution >= 0.6 is 0 Å². The maximum Gasteiger partial charge on any atom is 0.221 e. The Morgan fingerprint density at radius 2 is 2.18 bits per heavy atom. The number of nitrogens with zero attached hydrogens (tertiary/aromatic N) is 2. The summed E-state index contributed by atoms with van der Waals surface area (Å²) >= 11 is 0. The lowest BCUT2D eigenvalue weighted by atomic mass is 10.3. The van der Waals surface area contributed by atoms with E-state index in [1.54, 1.807) is 6.20 Å². The summed E-state index contributed by atoms with van der Waals surface area (Å²) in [6.45, 7) is 3.43. The molecule has 94 valence electrons. The predicted octanol–water partition coefficient (Wildman–Crippen LogP) is 1.40. The van der Waals surface area contributed by atoms with E-state index in [2.05, 4.69) is 34.6 Å². The largest absolute Gasteiger partial charge is 0.370 e. The summed E-state index contributed by atoms with van der Waals surface area (Å²) in [4.78, 5) is 17.2. The molecule has 17 heavy (non-hydrogen) atoms. The SMILES string of the molecule is CC(=O)Nc1ccc(NCCCN(C)C)nc1. The van der Waals surface area contributed by atoms with Gasteiger partial charge in [-0.25, -0.2) is 4.98 Å². The van der Waals surface area contributed by atoms with Crippen LogP contribution in [0.15, 0.2) is 18.3 Å². The molecule has 1 amide bonds. The quantitative estimate of drug-likeness (QED) is 0.733. The van der Waals surface area contributed by atoms with E-state index in [-0.39, 0.29) is 5.91 Å². The summed E-state index contributed by atoms with van der Waals surface area (Å²) in [7, 11) is 4.11. The lowest BCUT2D eigenvalue weighted by molar-refractivity contribution is -0.114. The summed E-state index contributed by atoms with van der Waals surface area (Å²) in [5.41, 5.74) is 0.719. The zero-order valence-corrected chi connectivity index (χ0v) is 10.7. The van der Waals surface area contributed by atoms with Crippen LogP contribution in [0, 0.1) is 0 Å². The highest BCUT2D eigenvalue weighted by molar-refractivity contribution is 5.88. The lowest BCUT2D eigenvalue weighted by Crippen LogP contribution is -2.16. The molecule has 5 heteroatoms. The van der Waals surface area contributed by atoms with E-state index in [0.29, 0.717) is 0 Å². The molecule has 1 heterocycles. The molecular weight excluding hydrogens is 216 g/mol. The fourth-order valence-electron chi connectivity index (χ4n) is 1.39. The van der Waals surface area contributed by atoms with Crippen molar-refractivity contribution < 1.29 is 4.79 Å². The third-order valence-electron chi connectivity index (χ3n) is 2.17. The Morgan fingerprint density at radius 1 is 1.41 bits per heavy atom. The number of rotatable bonds is 6. The third-order valence-corrected chi connectivity index (χ3v) is 2.17. The van der Waals surface area contributed by atoms with Gasteiger partial charge in [-0.2, -0.15) is 0 Å². The molecule has 5 nitrogen and oxygen atoms in total. The summed E-state index contributed by atoms with van der Waals surface area (Å²) < 4.78 is 0. The van der Waals surface area contributed by atoms with Gasteiger partial charge < -0.3 is 15.5 Å². The summed E-state index contributed by atoms with van der Waals surface area (Å²) in [5.74, 6) is 0.747. The van der Waals surface area contributed by atoms with Gasteiger partial charge >= 0.3 is 0 Å². The molecule has 2 N–H and O–H groups in total. The van der Waals surface area contributed by atoms with Crippen LogP contribution < -0.4 is 10.6 Å². The Balaban J connectivity index is 2.32. The second-order valence-electron chi connectivity index (χ2n) is 4.20. The van der Waals surface area contributed by atoms with Gasteiger partial charge in [0, 0.05) is 13.5 Å². The predicted molar refractivity (Wildman–Crippen MR) is 70.2 cm³/mol. The minimum absolute atomic E-state index is 0.0847. The standard InChI is InChI=1S/C12H20N4O/c1-10(17)15-11-5-6-12(14-9-11)13-7-4-8-16(2)3/h5-6,9H,4,7-8H2,1-3H3,(H,13,14)(H,15,17). The van der Waals surface area contributed by atoms with E-state index < -0.39 is 0 Å². The van der Waals surface area contributed by atoms with Crippen LogP contribution in [0.25, 0.3) is 0 Å². The van der Waals surface area contributed by atoms with E-state index >= 15 is 0 Å². The van der Waals surface area contributed by atoms with E-state index in [1.807, 2.05) is 12.1 Å². The first kappa shape index (κ1) is 13.4. The number of nitrogens with one attached hydrogen (secondary N) is 2. The fraction of sp³-hybridized carbons (Fsp3) is 0.500. The molecule has 0 unspecified atom stereocenters. The average Bonchev–Trinajstić information content (AvgIpc) is 2.25. The Kier molecular flexibility index (Phi) is 5.42. The fourth-order valence-corrected chi connectivity index (χ4v) is 1.39. The van der Waals surface area contributed by atoms with Crippen LogP contribution in [0.2, 0.25) is 0 Å². The molecule has 0 saturated heterocycles. The van der Waals surface area contributed by atoms with Crippen molar-refractivity contribution in [3.05, 3.63) is 18.3 Å². The van der Waals surface area contributed by atoms with Crippen LogP contribution in [0.4, 0.5) is 11.5 Å². The van der Waals surface area contributed by atoms with Gasteiger partial charge in [0.25, 0.3) is 0 Å². The number of aromatic nitrogens is 1. The highest BCUT2D eigenvalue weighted by atomic mass is 16.1. The molecule has 0 atom stereocenters. The third kappa shape index (κ3) is 5.87. The molecule has 0 saturated carbocycles. The second-order valence-corrected chi connectivity index (χ2v) is 4.20. The van der Waals surface area contributed by atoms with Crippen molar-refractivity contribution in [1.29, 1.82) is 0 Å². The Bertz CT molecular complexity index is 348. The number of hydrogen-bond donors (Lipinski definition) is 2. The van der Waals surface area contributed by atoms with Crippen molar-refractivity contribution in [1.82, 2.24) is 9.88 Å². The average molecular weight is 236 g/mol. The van der Waals surface area contributed by atoms with Gasteiger partial charge in [0.05, 0.1) is 11.9 Å². The van der Waals surface area contributed by atoms with Crippen molar-refractivity contribution in [2.24, 2.45) is 0 Å². The van der Waals surface area contributed by atoms with E-state index in [0.717, 1.165) is 31.0 Å². The normalized spacial score (nSPS) is 10.4. The second kappa shape index (κ2) is 6.85. The zero-order chi connectivity index (χ0) is 12.7.